The first-order valence-corrected chi connectivity index (χ1v) is 10.2. The highest BCUT2D eigenvalue weighted by molar-refractivity contribution is 6.04. The Hall–Kier alpha value is -3.94. The monoisotopic (exact) mass is 415 g/mol. The van der Waals surface area contributed by atoms with Crippen molar-refractivity contribution in [1.82, 2.24) is 19.7 Å². The van der Waals surface area contributed by atoms with E-state index in [1.165, 1.54) is 4.68 Å². The Bertz CT molecular complexity index is 1300. The van der Waals surface area contributed by atoms with Crippen molar-refractivity contribution >= 4 is 11.7 Å². The molecule has 5 rings (SSSR count). The number of furan rings is 1. The van der Waals surface area contributed by atoms with Gasteiger partial charge in [-0.25, -0.2) is 4.98 Å². The second-order valence-corrected chi connectivity index (χ2v) is 7.65. The number of hydrogen-bond donors (Lipinski definition) is 2. The summed E-state index contributed by atoms with van der Waals surface area (Å²) in [7, 11) is 0. The average Bonchev–Trinajstić information content (AvgIpc) is 3.44. The van der Waals surface area contributed by atoms with Gasteiger partial charge in [0.1, 0.15) is 11.5 Å². The van der Waals surface area contributed by atoms with Crippen LogP contribution in [0.4, 0.5) is 5.82 Å². The number of fused-ring (bicyclic) bond motifs is 1. The van der Waals surface area contributed by atoms with Gasteiger partial charge in [-0.05, 0) is 56.9 Å². The third-order valence-electron chi connectivity index (χ3n) is 5.42. The summed E-state index contributed by atoms with van der Waals surface area (Å²) >= 11 is 0. The number of amides is 1. The van der Waals surface area contributed by atoms with E-state index in [9.17, 15) is 9.59 Å². The number of rotatable bonds is 4. The van der Waals surface area contributed by atoms with Gasteiger partial charge in [0, 0.05) is 17.2 Å². The quantitative estimate of drug-likeness (QED) is 0.529. The summed E-state index contributed by atoms with van der Waals surface area (Å²) < 4.78 is 6.90. The van der Waals surface area contributed by atoms with Crippen molar-refractivity contribution in [3.8, 4) is 17.4 Å². The Labute approximate surface area is 178 Å². The summed E-state index contributed by atoms with van der Waals surface area (Å²) in [5.41, 5.74) is 3.46. The van der Waals surface area contributed by atoms with E-state index < -0.39 is 0 Å². The summed E-state index contributed by atoms with van der Waals surface area (Å²) in [6.07, 6.45) is 5.02. The van der Waals surface area contributed by atoms with Gasteiger partial charge in [0.2, 0.25) is 5.95 Å². The molecule has 8 heteroatoms. The van der Waals surface area contributed by atoms with Crippen molar-refractivity contribution in [2.24, 2.45) is 0 Å². The highest BCUT2D eigenvalue weighted by Crippen LogP contribution is 2.25. The molecule has 8 nitrogen and oxygen atoms in total. The zero-order chi connectivity index (χ0) is 21.4. The summed E-state index contributed by atoms with van der Waals surface area (Å²) in [6.45, 7) is 1.96. The minimum Gasteiger partial charge on any atom is -0.463 e. The number of aryl methyl sites for hydroxylation is 2. The zero-order valence-corrected chi connectivity index (χ0v) is 17.0. The normalized spacial score (nSPS) is 13.1. The lowest BCUT2D eigenvalue weighted by molar-refractivity contribution is 0.102. The van der Waals surface area contributed by atoms with Crippen LogP contribution in [0.25, 0.3) is 17.4 Å². The number of benzene rings is 1. The molecule has 1 aliphatic rings. The van der Waals surface area contributed by atoms with Crippen LogP contribution in [0, 0.1) is 6.92 Å². The van der Waals surface area contributed by atoms with Gasteiger partial charge in [0.25, 0.3) is 11.5 Å². The van der Waals surface area contributed by atoms with Crippen LogP contribution in [-0.2, 0) is 12.8 Å². The molecule has 1 aliphatic carbocycles. The Balaban J connectivity index is 1.58. The third-order valence-corrected chi connectivity index (χ3v) is 5.42. The fourth-order valence-corrected chi connectivity index (χ4v) is 3.76. The number of nitrogens with one attached hydrogen (secondary N) is 2. The van der Waals surface area contributed by atoms with E-state index in [1.54, 1.807) is 36.6 Å². The molecule has 156 valence electrons. The molecule has 2 N–H and O–H groups in total. The number of aromatic nitrogens is 4. The zero-order valence-electron chi connectivity index (χ0n) is 17.0. The van der Waals surface area contributed by atoms with Crippen LogP contribution in [-0.4, -0.2) is 25.7 Å². The van der Waals surface area contributed by atoms with E-state index in [1.807, 2.05) is 19.1 Å². The molecule has 1 amide bonds. The number of hydrogen-bond acceptors (Lipinski definition) is 5. The maximum absolute atomic E-state index is 12.8. The van der Waals surface area contributed by atoms with Gasteiger partial charge in [0.05, 0.1) is 12.0 Å². The number of carbonyl (C=O) groups excluding carboxylic acids is 1. The molecule has 0 unspecified atom stereocenters. The molecule has 0 bridgehead atoms. The predicted molar refractivity (Wildman–Crippen MR) is 115 cm³/mol. The third kappa shape index (κ3) is 3.68. The molecule has 31 heavy (non-hydrogen) atoms. The molecule has 0 spiro atoms. The van der Waals surface area contributed by atoms with E-state index in [2.05, 4.69) is 20.4 Å². The van der Waals surface area contributed by atoms with Gasteiger partial charge in [0.15, 0.2) is 5.76 Å². The second-order valence-electron chi connectivity index (χ2n) is 7.65. The molecule has 1 aromatic carbocycles. The minimum atomic E-state index is -0.285. The molecule has 0 aliphatic heterocycles. The van der Waals surface area contributed by atoms with Crippen LogP contribution in [0.3, 0.4) is 0 Å². The van der Waals surface area contributed by atoms with E-state index in [0.717, 1.165) is 42.5 Å². The van der Waals surface area contributed by atoms with Crippen LogP contribution in [0.1, 0.15) is 40.0 Å². The number of anilines is 1. The van der Waals surface area contributed by atoms with Crippen LogP contribution >= 0.6 is 0 Å². The summed E-state index contributed by atoms with van der Waals surface area (Å²) in [6, 6.07) is 12.5. The van der Waals surface area contributed by atoms with Crippen LogP contribution in [0.2, 0.25) is 0 Å². The molecule has 0 saturated carbocycles. The van der Waals surface area contributed by atoms with Gasteiger partial charge < -0.3 is 9.73 Å². The minimum absolute atomic E-state index is 0.162. The van der Waals surface area contributed by atoms with Crippen molar-refractivity contribution in [3.63, 3.8) is 0 Å². The van der Waals surface area contributed by atoms with E-state index in [4.69, 9.17) is 4.42 Å². The van der Waals surface area contributed by atoms with Gasteiger partial charge in [-0.15, -0.1) is 0 Å². The molecular weight excluding hydrogens is 394 g/mol. The maximum Gasteiger partial charge on any atom is 0.256 e. The molecular formula is C23H21N5O3. The van der Waals surface area contributed by atoms with Gasteiger partial charge in [-0.1, -0.05) is 17.7 Å². The summed E-state index contributed by atoms with van der Waals surface area (Å²) in [5.74, 6) is 0.913. The van der Waals surface area contributed by atoms with Crippen molar-refractivity contribution in [3.05, 3.63) is 81.5 Å². The lowest BCUT2D eigenvalue weighted by Crippen LogP contribution is -2.24. The van der Waals surface area contributed by atoms with Gasteiger partial charge in [-0.3, -0.25) is 14.6 Å². The largest absolute Gasteiger partial charge is 0.463 e. The highest BCUT2D eigenvalue weighted by Gasteiger charge is 2.21. The first-order chi connectivity index (χ1) is 15.1. The van der Waals surface area contributed by atoms with Crippen molar-refractivity contribution in [2.75, 3.05) is 5.32 Å². The first kappa shape index (κ1) is 19.0. The number of carbonyl (C=O) groups is 1. The Morgan fingerprint density at radius 3 is 2.74 bits per heavy atom. The van der Waals surface area contributed by atoms with Crippen LogP contribution in [0.5, 0.6) is 0 Å². The van der Waals surface area contributed by atoms with Crippen LogP contribution < -0.4 is 10.9 Å². The molecule has 0 fully saturated rings. The number of H-pyrrole nitrogens is 1. The summed E-state index contributed by atoms with van der Waals surface area (Å²) in [5, 5.41) is 7.43. The molecule has 0 radical (unpaired) electrons. The van der Waals surface area contributed by atoms with E-state index in [-0.39, 0.29) is 17.4 Å². The maximum atomic E-state index is 12.8. The topological polar surface area (TPSA) is 106 Å². The average molecular weight is 415 g/mol. The van der Waals surface area contributed by atoms with E-state index >= 15 is 0 Å². The Kier molecular flexibility index (Phi) is 4.74. The lowest BCUT2D eigenvalue weighted by atomic mass is 9.97. The van der Waals surface area contributed by atoms with Gasteiger partial charge >= 0.3 is 0 Å². The second kappa shape index (κ2) is 7.71. The van der Waals surface area contributed by atoms with Crippen molar-refractivity contribution < 1.29 is 9.21 Å². The Morgan fingerprint density at radius 2 is 1.97 bits per heavy atom. The van der Waals surface area contributed by atoms with Crippen LogP contribution in [0.15, 0.2) is 57.9 Å². The predicted octanol–water partition coefficient (Wildman–Crippen LogP) is 3.66. The smallest absolute Gasteiger partial charge is 0.256 e. The molecule has 0 saturated heterocycles. The number of nitrogens with zero attached hydrogens (tertiary/aromatic N) is 3. The van der Waals surface area contributed by atoms with E-state index in [0.29, 0.717) is 22.8 Å². The molecule has 4 aromatic rings. The first-order valence-electron chi connectivity index (χ1n) is 10.2. The summed E-state index contributed by atoms with van der Waals surface area (Å²) in [4.78, 5) is 33.0. The van der Waals surface area contributed by atoms with Crippen molar-refractivity contribution in [1.29, 1.82) is 0 Å². The standard InChI is InChI=1S/C23H21N5O3/c1-14-8-10-15(11-9-14)21(29)25-20-13-18(19-7-4-12-31-19)27-28(20)23-24-17-6-3-2-5-16(17)22(30)26-23/h4,7-13H,2-3,5-6H2,1H3,(H,25,29)(H,24,26,30). The lowest BCUT2D eigenvalue weighted by Gasteiger charge is -2.15. The fraction of sp³-hybridized carbons (Fsp3) is 0.217. The Morgan fingerprint density at radius 1 is 1.16 bits per heavy atom. The SMILES string of the molecule is Cc1ccc(C(=O)Nc2cc(-c3ccco3)nn2-c2nc3c(c(=O)[nH]2)CCCC3)cc1. The molecule has 0 atom stereocenters. The highest BCUT2D eigenvalue weighted by atomic mass is 16.3. The van der Waals surface area contributed by atoms with Gasteiger partial charge in [-0.2, -0.15) is 9.78 Å². The fourth-order valence-electron chi connectivity index (χ4n) is 3.76. The number of aromatic amines is 1. The molecule has 3 heterocycles. The molecule has 3 aromatic heterocycles. The van der Waals surface area contributed by atoms with Crippen molar-refractivity contribution in [2.45, 2.75) is 32.6 Å².